The number of thioether (sulfide) groups is 2. The van der Waals surface area contributed by atoms with Gasteiger partial charge in [-0.2, -0.15) is 0 Å². The molecule has 0 saturated carbocycles. The van der Waals surface area contributed by atoms with Crippen molar-refractivity contribution in [1.82, 2.24) is 0 Å². The van der Waals surface area contributed by atoms with Crippen molar-refractivity contribution in [3.63, 3.8) is 0 Å². The van der Waals surface area contributed by atoms with Crippen LogP contribution in [0.25, 0.3) is 0 Å². The lowest BCUT2D eigenvalue weighted by Gasteiger charge is -2.16. The van der Waals surface area contributed by atoms with E-state index < -0.39 is 8.07 Å². The summed E-state index contributed by atoms with van der Waals surface area (Å²) >= 11 is 2.65. The first-order valence-electron chi connectivity index (χ1n) is 4.22. The van der Waals surface area contributed by atoms with E-state index in [1.165, 1.54) is 29.1 Å². The zero-order valence-corrected chi connectivity index (χ0v) is 11.5. The molecule has 0 atom stereocenters. The quantitative estimate of drug-likeness (QED) is 0.538. The van der Waals surface area contributed by atoms with Crippen LogP contribution in [0.3, 0.4) is 0 Å². The first-order chi connectivity index (χ1) is 5.85. The molecule has 13 heavy (non-hydrogen) atoms. The number of rotatable bonds is 4. The minimum Gasteiger partial charge on any atom is -0.274 e. The summed E-state index contributed by atoms with van der Waals surface area (Å²) in [7, 11) is -1.03. The van der Waals surface area contributed by atoms with Gasteiger partial charge in [-0.25, -0.2) is 0 Å². The Balaban J connectivity index is 3.71. The van der Waals surface area contributed by atoms with Gasteiger partial charge in [-0.05, 0) is 12.3 Å². The lowest BCUT2D eigenvalue weighted by Crippen LogP contribution is -2.20. The summed E-state index contributed by atoms with van der Waals surface area (Å²) < 4.78 is 0.191. The van der Waals surface area contributed by atoms with E-state index in [1.54, 1.807) is 0 Å². The molecular formula is C9H18OS2Si. The second kappa shape index (κ2) is 5.93. The summed E-state index contributed by atoms with van der Waals surface area (Å²) in [6, 6.07) is 1.13. The lowest BCUT2D eigenvalue weighted by molar-refractivity contribution is 0.276. The van der Waals surface area contributed by atoms with Crippen molar-refractivity contribution in [3.05, 3.63) is 12.2 Å². The highest BCUT2D eigenvalue weighted by molar-refractivity contribution is 8.38. The molecule has 0 spiro atoms. The number of carbonyl (C=O) groups is 1. The molecule has 0 aromatic carbocycles. The first kappa shape index (κ1) is 13.3. The second-order valence-electron chi connectivity index (χ2n) is 4.23. The molecule has 0 aromatic rings. The normalized spacial score (nSPS) is 11.4. The van der Waals surface area contributed by atoms with Crippen LogP contribution < -0.4 is 0 Å². The molecule has 0 amide bonds. The van der Waals surface area contributed by atoms with Crippen LogP contribution in [0.2, 0.25) is 25.7 Å². The Morgan fingerprint density at radius 3 is 2.31 bits per heavy atom. The summed E-state index contributed by atoms with van der Waals surface area (Å²) in [6.07, 6.45) is 1.82. The summed E-state index contributed by atoms with van der Waals surface area (Å²) in [5.41, 5.74) is 1.21. The Kier molecular flexibility index (Phi) is 6.08. The third-order valence-electron chi connectivity index (χ3n) is 1.34. The summed E-state index contributed by atoms with van der Waals surface area (Å²) in [5.74, 6) is 0.796. The third kappa shape index (κ3) is 8.65. The van der Waals surface area contributed by atoms with E-state index in [0.29, 0.717) is 0 Å². The molecule has 0 aliphatic carbocycles. The molecule has 0 fully saturated rings. The smallest absolute Gasteiger partial charge is 0.246 e. The molecule has 0 unspecified atom stereocenters. The molecule has 76 valence electrons. The molecule has 0 rings (SSSR count). The molecule has 0 aliphatic heterocycles. The number of hydrogen-bond donors (Lipinski definition) is 0. The molecule has 0 radical (unpaired) electrons. The van der Waals surface area contributed by atoms with Crippen LogP contribution in [0.1, 0.15) is 0 Å². The molecule has 4 heteroatoms. The minimum absolute atomic E-state index is 0.191. The maximum Gasteiger partial charge on any atom is 0.246 e. The van der Waals surface area contributed by atoms with Crippen LogP contribution in [-0.2, 0) is 0 Å². The second-order valence-corrected chi connectivity index (χ2v) is 11.7. The fourth-order valence-corrected chi connectivity index (χ4v) is 3.90. The van der Waals surface area contributed by atoms with Gasteiger partial charge in [-0.1, -0.05) is 55.3 Å². The Labute approximate surface area is 90.8 Å². The Morgan fingerprint density at radius 1 is 1.38 bits per heavy atom. The molecule has 1 nitrogen and oxygen atoms in total. The van der Waals surface area contributed by atoms with Crippen molar-refractivity contribution in [3.8, 4) is 0 Å². The summed E-state index contributed by atoms with van der Waals surface area (Å²) in [4.78, 5) is 11.0. The molecule has 0 N–H and O–H groups in total. The van der Waals surface area contributed by atoms with Gasteiger partial charge in [0.05, 0.1) is 0 Å². The van der Waals surface area contributed by atoms with Crippen LogP contribution in [0.15, 0.2) is 12.2 Å². The van der Waals surface area contributed by atoms with E-state index in [9.17, 15) is 4.79 Å². The maximum absolute atomic E-state index is 11.0. The molecule has 0 aromatic heterocycles. The zero-order chi connectivity index (χ0) is 10.5. The van der Waals surface area contributed by atoms with Crippen molar-refractivity contribution in [2.75, 3.05) is 12.0 Å². The van der Waals surface area contributed by atoms with E-state index >= 15 is 0 Å². The van der Waals surface area contributed by atoms with Crippen molar-refractivity contribution in [1.29, 1.82) is 0 Å². The monoisotopic (exact) mass is 234 g/mol. The predicted octanol–water partition coefficient (Wildman–Crippen LogP) is 4.10. The molecular weight excluding hydrogens is 216 g/mol. The van der Waals surface area contributed by atoms with Gasteiger partial charge in [-0.15, -0.1) is 0 Å². The van der Waals surface area contributed by atoms with Gasteiger partial charge in [0, 0.05) is 13.8 Å². The average Bonchev–Trinajstić information content (AvgIpc) is 1.97. The van der Waals surface area contributed by atoms with Crippen molar-refractivity contribution in [2.24, 2.45) is 0 Å². The highest BCUT2D eigenvalue weighted by Gasteiger charge is 2.14. The topological polar surface area (TPSA) is 17.1 Å². The predicted molar refractivity (Wildman–Crippen MR) is 68.7 cm³/mol. The van der Waals surface area contributed by atoms with E-state index in [-0.39, 0.29) is 4.45 Å². The van der Waals surface area contributed by atoms with Gasteiger partial charge in [-0.3, -0.25) is 4.79 Å². The Morgan fingerprint density at radius 2 is 1.92 bits per heavy atom. The van der Waals surface area contributed by atoms with Crippen molar-refractivity contribution < 1.29 is 4.79 Å². The highest BCUT2D eigenvalue weighted by Crippen LogP contribution is 2.21. The fraction of sp³-hybridized carbons (Fsp3) is 0.667. The van der Waals surface area contributed by atoms with Crippen molar-refractivity contribution >= 4 is 36.0 Å². The van der Waals surface area contributed by atoms with E-state index in [1.807, 2.05) is 6.26 Å². The first-order valence-corrected chi connectivity index (χ1v) is 10.1. The number of hydrogen-bond acceptors (Lipinski definition) is 3. The van der Waals surface area contributed by atoms with Gasteiger partial charge in [0.2, 0.25) is 4.45 Å². The van der Waals surface area contributed by atoms with E-state index in [2.05, 4.69) is 26.2 Å². The lowest BCUT2D eigenvalue weighted by atomic mass is 10.4. The highest BCUT2D eigenvalue weighted by atomic mass is 32.2. The van der Waals surface area contributed by atoms with Crippen LogP contribution in [0, 0.1) is 0 Å². The van der Waals surface area contributed by atoms with Crippen LogP contribution in [-0.4, -0.2) is 24.5 Å². The van der Waals surface area contributed by atoms with E-state index in [0.717, 1.165) is 11.8 Å². The average molecular weight is 234 g/mol. The fourth-order valence-electron chi connectivity index (χ4n) is 1.02. The standard InChI is InChI=1S/C9H18OS2Si/c1-8(7-13(3,4)5)6-12-9(10)11-2/h1,6-7H2,2-5H3. The van der Waals surface area contributed by atoms with Gasteiger partial charge in [0.1, 0.15) is 0 Å². The third-order valence-corrected chi connectivity index (χ3v) is 4.88. The van der Waals surface area contributed by atoms with Crippen LogP contribution in [0.5, 0.6) is 0 Å². The maximum atomic E-state index is 11.0. The van der Waals surface area contributed by atoms with Gasteiger partial charge < -0.3 is 0 Å². The zero-order valence-electron chi connectivity index (χ0n) is 8.85. The molecule has 0 saturated heterocycles. The Bertz CT molecular complexity index is 196. The van der Waals surface area contributed by atoms with E-state index in [4.69, 9.17) is 0 Å². The number of carbonyl (C=O) groups excluding carboxylic acids is 1. The minimum atomic E-state index is -1.03. The SMILES string of the molecule is C=C(CSC(=O)SC)C[Si](C)(C)C. The largest absolute Gasteiger partial charge is 0.274 e. The molecule has 0 aliphatic rings. The van der Waals surface area contributed by atoms with Gasteiger partial charge in [0.15, 0.2) is 0 Å². The summed E-state index contributed by atoms with van der Waals surface area (Å²) in [6.45, 7) is 11.0. The van der Waals surface area contributed by atoms with Gasteiger partial charge in [0.25, 0.3) is 0 Å². The summed E-state index contributed by atoms with van der Waals surface area (Å²) in [5, 5.41) is 0. The Hall–Kier alpha value is 0.327. The van der Waals surface area contributed by atoms with Crippen molar-refractivity contribution in [2.45, 2.75) is 25.7 Å². The van der Waals surface area contributed by atoms with Crippen LogP contribution >= 0.6 is 23.5 Å². The molecule has 0 heterocycles. The molecule has 0 bridgehead atoms. The van der Waals surface area contributed by atoms with Gasteiger partial charge >= 0.3 is 0 Å². The van der Waals surface area contributed by atoms with Crippen LogP contribution in [0.4, 0.5) is 4.79 Å².